The molecule has 1 fully saturated rings. The highest BCUT2D eigenvalue weighted by molar-refractivity contribution is 5.23. The Balaban J connectivity index is 2.13. The van der Waals surface area contributed by atoms with Gasteiger partial charge < -0.3 is 5.11 Å². The van der Waals surface area contributed by atoms with Gasteiger partial charge in [0.15, 0.2) is 0 Å². The predicted octanol–water partition coefficient (Wildman–Crippen LogP) is 1.97. The van der Waals surface area contributed by atoms with Gasteiger partial charge in [-0.25, -0.2) is 0 Å². The zero-order valence-corrected chi connectivity index (χ0v) is 7.30. The zero-order chi connectivity index (χ0) is 8.06. The molecule has 0 aromatic carbocycles. The van der Waals surface area contributed by atoms with Crippen molar-refractivity contribution < 1.29 is 5.11 Å². The van der Waals surface area contributed by atoms with Gasteiger partial charge in [-0.2, -0.15) is 0 Å². The lowest BCUT2D eigenvalue weighted by molar-refractivity contribution is 0.322. The quantitative estimate of drug-likeness (QED) is 0.569. The molecule has 1 nitrogen and oxygen atoms in total. The summed E-state index contributed by atoms with van der Waals surface area (Å²) in [5, 5.41) is 8.93. The molecule has 1 heteroatoms. The van der Waals surface area contributed by atoms with Gasteiger partial charge in [-0.15, -0.1) is 0 Å². The fourth-order valence-corrected chi connectivity index (χ4v) is 2.48. The van der Waals surface area contributed by atoms with Crippen molar-refractivity contribution in [3.63, 3.8) is 0 Å². The molecule has 2 rings (SSSR count). The number of fused-ring (bicyclic) bond motifs is 1. The maximum Gasteiger partial charge on any atom is 0.0641 e. The van der Waals surface area contributed by atoms with E-state index in [9.17, 15) is 0 Å². The minimum atomic E-state index is 0.277. The summed E-state index contributed by atoms with van der Waals surface area (Å²) in [6.45, 7) is 4.94. The first-order chi connectivity index (χ1) is 5.16. The second-order valence-electron chi connectivity index (χ2n) is 4.48. The van der Waals surface area contributed by atoms with Crippen LogP contribution in [0.15, 0.2) is 11.6 Å². The Hall–Kier alpha value is -0.300. The first kappa shape index (κ1) is 7.35. The molecule has 2 aliphatic carbocycles. The van der Waals surface area contributed by atoms with Crippen molar-refractivity contribution in [3.05, 3.63) is 11.6 Å². The monoisotopic (exact) mass is 152 g/mol. The molecule has 0 radical (unpaired) electrons. The Morgan fingerprint density at radius 1 is 1.64 bits per heavy atom. The average Bonchev–Trinajstić information content (AvgIpc) is 2.55. The minimum Gasteiger partial charge on any atom is -0.392 e. The van der Waals surface area contributed by atoms with Crippen LogP contribution in [-0.2, 0) is 0 Å². The molecular weight excluding hydrogens is 136 g/mol. The van der Waals surface area contributed by atoms with Crippen LogP contribution in [0.4, 0.5) is 0 Å². The van der Waals surface area contributed by atoms with Crippen molar-refractivity contribution in [1.29, 1.82) is 0 Å². The molecule has 62 valence electrons. The lowest BCUT2D eigenvalue weighted by Crippen LogP contribution is -1.97. The third-order valence-electron chi connectivity index (χ3n) is 3.53. The van der Waals surface area contributed by atoms with Crippen LogP contribution < -0.4 is 0 Å². The Bertz CT molecular complexity index is 203. The summed E-state index contributed by atoms with van der Waals surface area (Å²) >= 11 is 0. The average molecular weight is 152 g/mol. The summed E-state index contributed by atoms with van der Waals surface area (Å²) in [5.74, 6) is 1.69. The minimum absolute atomic E-state index is 0.277. The smallest absolute Gasteiger partial charge is 0.0641 e. The van der Waals surface area contributed by atoms with Crippen LogP contribution in [0.3, 0.4) is 0 Å². The molecule has 0 heterocycles. The van der Waals surface area contributed by atoms with Gasteiger partial charge in [0.25, 0.3) is 0 Å². The van der Waals surface area contributed by atoms with Gasteiger partial charge >= 0.3 is 0 Å². The topological polar surface area (TPSA) is 20.2 Å². The van der Waals surface area contributed by atoms with Crippen molar-refractivity contribution in [2.45, 2.75) is 26.7 Å². The van der Waals surface area contributed by atoms with Crippen LogP contribution in [0.25, 0.3) is 0 Å². The van der Waals surface area contributed by atoms with Gasteiger partial charge in [0.05, 0.1) is 6.61 Å². The molecular formula is C10H16O. The third-order valence-corrected chi connectivity index (χ3v) is 3.53. The normalized spacial score (nSPS) is 39.4. The fraction of sp³-hybridized carbons (Fsp3) is 0.800. The summed E-state index contributed by atoms with van der Waals surface area (Å²) in [5.41, 5.74) is 1.80. The van der Waals surface area contributed by atoms with Gasteiger partial charge in [0.2, 0.25) is 0 Å². The van der Waals surface area contributed by atoms with E-state index in [2.05, 4.69) is 19.9 Å². The molecule has 1 N–H and O–H groups in total. The van der Waals surface area contributed by atoms with Crippen molar-refractivity contribution in [3.8, 4) is 0 Å². The zero-order valence-electron chi connectivity index (χ0n) is 7.30. The van der Waals surface area contributed by atoms with Gasteiger partial charge in [-0.05, 0) is 35.7 Å². The fourth-order valence-electron chi connectivity index (χ4n) is 2.48. The molecule has 0 saturated heterocycles. The van der Waals surface area contributed by atoms with E-state index >= 15 is 0 Å². The summed E-state index contributed by atoms with van der Waals surface area (Å²) in [6.07, 6.45) is 4.72. The highest BCUT2D eigenvalue weighted by Crippen LogP contribution is 2.63. The molecule has 0 amide bonds. The number of hydrogen-bond donors (Lipinski definition) is 1. The Kier molecular flexibility index (Phi) is 1.40. The molecule has 0 aliphatic heterocycles. The maximum absolute atomic E-state index is 8.93. The van der Waals surface area contributed by atoms with Crippen molar-refractivity contribution in [1.82, 2.24) is 0 Å². The Morgan fingerprint density at radius 3 is 2.91 bits per heavy atom. The van der Waals surface area contributed by atoms with Crippen LogP contribution in [0.5, 0.6) is 0 Å². The second kappa shape index (κ2) is 2.10. The van der Waals surface area contributed by atoms with E-state index in [1.165, 1.54) is 12.0 Å². The first-order valence-corrected chi connectivity index (χ1v) is 4.46. The van der Waals surface area contributed by atoms with Crippen LogP contribution in [0, 0.1) is 17.3 Å². The summed E-state index contributed by atoms with van der Waals surface area (Å²) in [4.78, 5) is 0. The molecule has 0 aromatic rings. The van der Waals surface area contributed by atoms with E-state index in [1.54, 1.807) is 0 Å². The highest BCUT2D eigenvalue weighted by Gasteiger charge is 2.56. The SMILES string of the molecule is CC1(C)[C@@H]2CCC(CO)=C[C@@H]21. The molecule has 2 aliphatic rings. The molecule has 1 saturated carbocycles. The van der Waals surface area contributed by atoms with Gasteiger partial charge in [-0.1, -0.05) is 19.9 Å². The summed E-state index contributed by atoms with van der Waals surface area (Å²) < 4.78 is 0. The van der Waals surface area contributed by atoms with Gasteiger partial charge in [0.1, 0.15) is 0 Å². The van der Waals surface area contributed by atoms with Crippen LogP contribution in [-0.4, -0.2) is 11.7 Å². The Labute approximate surface area is 68.1 Å². The lowest BCUT2D eigenvalue weighted by atomic mass is 10.0. The standard InChI is InChI=1S/C10H16O/c1-10(2)8-4-3-7(6-11)5-9(8)10/h5,8-9,11H,3-4,6H2,1-2H3/t8-,9+/m1/s1. The molecule has 0 spiro atoms. The van der Waals surface area contributed by atoms with Crippen molar-refractivity contribution >= 4 is 0 Å². The van der Waals surface area contributed by atoms with E-state index in [1.807, 2.05) is 0 Å². The largest absolute Gasteiger partial charge is 0.392 e. The van der Waals surface area contributed by atoms with Crippen LogP contribution in [0.1, 0.15) is 26.7 Å². The van der Waals surface area contributed by atoms with E-state index in [0.717, 1.165) is 18.3 Å². The molecule has 0 unspecified atom stereocenters. The van der Waals surface area contributed by atoms with E-state index < -0.39 is 0 Å². The molecule has 2 atom stereocenters. The van der Waals surface area contributed by atoms with Crippen molar-refractivity contribution in [2.24, 2.45) is 17.3 Å². The van der Waals surface area contributed by atoms with Gasteiger partial charge in [-0.3, -0.25) is 0 Å². The van der Waals surface area contributed by atoms with Gasteiger partial charge in [0, 0.05) is 0 Å². The highest BCUT2D eigenvalue weighted by atomic mass is 16.3. The first-order valence-electron chi connectivity index (χ1n) is 4.46. The predicted molar refractivity (Wildman–Crippen MR) is 45.2 cm³/mol. The number of rotatable bonds is 1. The van der Waals surface area contributed by atoms with Crippen LogP contribution >= 0.6 is 0 Å². The third kappa shape index (κ3) is 0.943. The van der Waals surface area contributed by atoms with E-state index in [0.29, 0.717) is 5.41 Å². The van der Waals surface area contributed by atoms with E-state index in [-0.39, 0.29) is 6.61 Å². The van der Waals surface area contributed by atoms with Crippen LogP contribution in [0.2, 0.25) is 0 Å². The maximum atomic E-state index is 8.93. The van der Waals surface area contributed by atoms with Crippen molar-refractivity contribution in [2.75, 3.05) is 6.61 Å². The number of allylic oxidation sites excluding steroid dienone is 1. The Morgan fingerprint density at radius 2 is 2.36 bits per heavy atom. The molecule has 0 bridgehead atoms. The second-order valence-corrected chi connectivity index (χ2v) is 4.48. The number of aliphatic hydroxyl groups excluding tert-OH is 1. The number of hydrogen-bond acceptors (Lipinski definition) is 1. The molecule has 0 aromatic heterocycles. The summed E-state index contributed by atoms with van der Waals surface area (Å²) in [6, 6.07) is 0. The number of aliphatic hydroxyl groups is 1. The van der Waals surface area contributed by atoms with E-state index in [4.69, 9.17) is 5.11 Å². The summed E-state index contributed by atoms with van der Waals surface area (Å²) in [7, 11) is 0. The lowest BCUT2D eigenvalue weighted by Gasteiger charge is -2.07. The molecule has 11 heavy (non-hydrogen) atoms.